The highest BCUT2D eigenvalue weighted by Gasteiger charge is 2.21. The van der Waals surface area contributed by atoms with Gasteiger partial charge in [-0.15, -0.1) is 0 Å². The van der Waals surface area contributed by atoms with Crippen LogP contribution in [0.5, 0.6) is 0 Å². The Kier molecular flexibility index (Phi) is 4.32. The second-order valence-electron chi connectivity index (χ2n) is 4.37. The third kappa shape index (κ3) is 4.41. The van der Waals surface area contributed by atoms with Crippen LogP contribution in [0.3, 0.4) is 0 Å². The third-order valence-corrected chi connectivity index (χ3v) is 2.14. The Morgan fingerprint density at radius 2 is 1.93 bits per heavy atom. The van der Waals surface area contributed by atoms with Crippen LogP contribution in [0.2, 0.25) is 0 Å². The molecule has 0 aliphatic carbocycles. The number of likely N-dealkylation sites (N-methyl/N-ethyl adjacent to an activating group) is 1. The smallest absolute Gasteiger partial charge is 0.318 e. The number of rotatable bonds is 2. The molecule has 1 atom stereocenters. The van der Waals surface area contributed by atoms with Crippen molar-refractivity contribution in [2.45, 2.75) is 39.3 Å². The average molecular weight is 217 g/mol. The predicted octanol–water partition coefficient (Wildman–Crippen LogP) is 1.10. The van der Waals surface area contributed by atoms with Crippen LogP contribution in [0.15, 0.2) is 0 Å². The molecule has 4 nitrogen and oxygen atoms in total. The van der Waals surface area contributed by atoms with E-state index in [4.69, 9.17) is 18.0 Å². The Morgan fingerprint density at radius 1 is 1.50 bits per heavy atom. The van der Waals surface area contributed by atoms with E-state index in [1.165, 1.54) is 4.90 Å². The molecule has 0 aliphatic heterocycles. The van der Waals surface area contributed by atoms with E-state index >= 15 is 0 Å². The van der Waals surface area contributed by atoms with Gasteiger partial charge in [0.1, 0.15) is 0 Å². The van der Waals surface area contributed by atoms with Gasteiger partial charge in [-0.1, -0.05) is 12.2 Å². The molecule has 5 heteroatoms. The molecule has 0 aromatic carbocycles. The fraction of sp³-hybridized carbons (Fsp3) is 0.778. The molecule has 0 fully saturated rings. The van der Waals surface area contributed by atoms with Crippen molar-refractivity contribution in [3.05, 3.63) is 0 Å². The van der Waals surface area contributed by atoms with Crippen molar-refractivity contribution in [3.63, 3.8) is 0 Å². The molecular weight excluding hydrogens is 198 g/mol. The summed E-state index contributed by atoms with van der Waals surface area (Å²) in [6, 6.07) is -0.398. The van der Waals surface area contributed by atoms with Crippen LogP contribution in [0.25, 0.3) is 0 Å². The quantitative estimate of drug-likeness (QED) is 0.681. The normalized spacial score (nSPS) is 13.2. The van der Waals surface area contributed by atoms with Crippen molar-refractivity contribution >= 4 is 23.2 Å². The summed E-state index contributed by atoms with van der Waals surface area (Å²) in [7, 11) is 1.67. The van der Waals surface area contributed by atoms with Gasteiger partial charge in [-0.3, -0.25) is 0 Å². The van der Waals surface area contributed by atoms with Crippen molar-refractivity contribution in [1.29, 1.82) is 0 Å². The SMILES string of the molecule is CC(C(N)=S)N(C)C(=O)NC(C)(C)C. The molecular formula is C9H19N3OS. The molecule has 0 spiro atoms. The number of hydrogen-bond donors (Lipinski definition) is 2. The summed E-state index contributed by atoms with van der Waals surface area (Å²) in [4.78, 5) is 13.4. The Morgan fingerprint density at radius 3 is 2.21 bits per heavy atom. The van der Waals surface area contributed by atoms with Gasteiger partial charge in [-0.25, -0.2) is 4.79 Å². The van der Waals surface area contributed by atoms with Gasteiger partial charge in [0.15, 0.2) is 0 Å². The number of carbonyl (C=O) groups is 1. The third-order valence-electron chi connectivity index (χ3n) is 1.79. The van der Waals surface area contributed by atoms with Gasteiger partial charge < -0.3 is 16.0 Å². The van der Waals surface area contributed by atoms with Gasteiger partial charge in [0.05, 0.1) is 11.0 Å². The Hall–Kier alpha value is -0.840. The molecule has 0 saturated heterocycles. The lowest BCUT2D eigenvalue weighted by Crippen LogP contribution is -2.52. The molecule has 14 heavy (non-hydrogen) atoms. The number of nitrogens with zero attached hydrogens (tertiary/aromatic N) is 1. The van der Waals surface area contributed by atoms with Gasteiger partial charge in [-0.05, 0) is 27.7 Å². The van der Waals surface area contributed by atoms with E-state index in [1.807, 2.05) is 20.8 Å². The summed E-state index contributed by atoms with van der Waals surface area (Å²) in [5.41, 5.74) is 5.20. The van der Waals surface area contributed by atoms with E-state index in [2.05, 4.69) is 5.32 Å². The minimum absolute atomic E-state index is 0.169. The molecule has 0 aliphatic rings. The van der Waals surface area contributed by atoms with Crippen LogP contribution in [-0.2, 0) is 0 Å². The highest BCUT2D eigenvalue weighted by atomic mass is 32.1. The first-order valence-electron chi connectivity index (χ1n) is 4.49. The predicted molar refractivity (Wildman–Crippen MR) is 62.3 cm³/mol. The maximum Gasteiger partial charge on any atom is 0.318 e. The summed E-state index contributed by atoms with van der Waals surface area (Å²) in [6.07, 6.45) is 0. The molecule has 0 radical (unpaired) electrons. The van der Waals surface area contributed by atoms with E-state index in [-0.39, 0.29) is 17.6 Å². The monoisotopic (exact) mass is 217 g/mol. The van der Waals surface area contributed by atoms with E-state index in [0.29, 0.717) is 4.99 Å². The van der Waals surface area contributed by atoms with Gasteiger partial charge in [0.2, 0.25) is 0 Å². The standard InChI is InChI=1S/C9H19N3OS/c1-6(7(10)14)12(5)8(13)11-9(2,3)4/h6H,1-5H3,(H2,10,14)(H,11,13). The summed E-state index contributed by atoms with van der Waals surface area (Å²) in [6.45, 7) is 7.56. The molecule has 0 rings (SSSR count). The van der Waals surface area contributed by atoms with Crippen LogP contribution >= 0.6 is 12.2 Å². The highest BCUT2D eigenvalue weighted by Crippen LogP contribution is 2.02. The second kappa shape index (κ2) is 4.59. The molecule has 0 aromatic heterocycles. The lowest BCUT2D eigenvalue weighted by atomic mass is 10.1. The molecule has 0 heterocycles. The maximum atomic E-state index is 11.6. The van der Waals surface area contributed by atoms with Crippen LogP contribution < -0.4 is 11.1 Å². The Balaban J connectivity index is 4.33. The number of urea groups is 1. The molecule has 82 valence electrons. The van der Waals surface area contributed by atoms with E-state index in [0.717, 1.165) is 0 Å². The van der Waals surface area contributed by atoms with Gasteiger partial charge in [0, 0.05) is 12.6 Å². The number of amides is 2. The molecule has 0 saturated carbocycles. The van der Waals surface area contributed by atoms with Crippen molar-refractivity contribution in [2.24, 2.45) is 5.73 Å². The summed E-state index contributed by atoms with van der Waals surface area (Å²) < 4.78 is 0. The van der Waals surface area contributed by atoms with Crippen LogP contribution in [-0.4, -0.2) is 34.5 Å². The minimum Gasteiger partial charge on any atom is -0.392 e. The first-order valence-corrected chi connectivity index (χ1v) is 4.90. The summed E-state index contributed by atoms with van der Waals surface area (Å²) >= 11 is 4.81. The first-order chi connectivity index (χ1) is 6.15. The van der Waals surface area contributed by atoms with Gasteiger partial charge in [-0.2, -0.15) is 0 Å². The Labute approximate surface area is 90.8 Å². The number of thiocarbonyl (C=S) groups is 1. The minimum atomic E-state index is -0.249. The summed E-state index contributed by atoms with van der Waals surface area (Å²) in [5, 5.41) is 2.83. The van der Waals surface area contributed by atoms with Crippen LogP contribution in [0.1, 0.15) is 27.7 Å². The van der Waals surface area contributed by atoms with E-state index in [1.54, 1.807) is 14.0 Å². The zero-order valence-electron chi connectivity index (χ0n) is 9.42. The fourth-order valence-corrected chi connectivity index (χ4v) is 0.934. The average Bonchev–Trinajstić information content (AvgIpc) is 1.98. The number of nitrogens with two attached hydrogens (primary N) is 1. The van der Waals surface area contributed by atoms with Gasteiger partial charge >= 0.3 is 6.03 Å². The fourth-order valence-electron chi connectivity index (χ4n) is 0.776. The highest BCUT2D eigenvalue weighted by molar-refractivity contribution is 7.80. The topological polar surface area (TPSA) is 58.4 Å². The largest absolute Gasteiger partial charge is 0.392 e. The summed E-state index contributed by atoms with van der Waals surface area (Å²) in [5.74, 6) is 0. The maximum absolute atomic E-state index is 11.6. The van der Waals surface area contributed by atoms with Crippen LogP contribution in [0, 0.1) is 0 Å². The van der Waals surface area contributed by atoms with Crippen molar-refractivity contribution in [3.8, 4) is 0 Å². The zero-order chi connectivity index (χ0) is 11.5. The molecule has 2 amide bonds. The first kappa shape index (κ1) is 13.2. The second-order valence-corrected chi connectivity index (χ2v) is 4.84. The molecule has 0 aromatic rings. The van der Waals surface area contributed by atoms with E-state index in [9.17, 15) is 4.79 Å². The lowest BCUT2D eigenvalue weighted by molar-refractivity contribution is 0.195. The van der Waals surface area contributed by atoms with Crippen molar-refractivity contribution in [2.75, 3.05) is 7.05 Å². The number of hydrogen-bond acceptors (Lipinski definition) is 2. The van der Waals surface area contributed by atoms with Gasteiger partial charge in [0.25, 0.3) is 0 Å². The molecule has 3 N–H and O–H groups in total. The molecule has 0 bridgehead atoms. The van der Waals surface area contributed by atoms with Crippen molar-refractivity contribution in [1.82, 2.24) is 10.2 Å². The lowest BCUT2D eigenvalue weighted by Gasteiger charge is -2.29. The number of nitrogens with one attached hydrogen (secondary N) is 1. The number of carbonyl (C=O) groups excluding carboxylic acids is 1. The Bertz CT molecular complexity index is 235. The van der Waals surface area contributed by atoms with Crippen molar-refractivity contribution < 1.29 is 4.79 Å². The van der Waals surface area contributed by atoms with Crippen LogP contribution in [0.4, 0.5) is 4.79 Å². The van der Waals surface area contributed by atoms with E-state index < -0.39 is 0 Å². The molecule has 1 unspecified atom stereocenters. The zero-order valence-corrected chi connectivity index (χ0v) is 10.2.